The first-order valence-electron chi connectivity index (χ1n) is 15.7. The monoisotopic (exact) mass is 629 g/mol. The molecule has 5 rings (SSSR count). The topological polar surface area (TPSA) is 121 Å². The van der Waals surface area contributed by atoms with Crippen LogP contribution in [-0.4, -0.2) is 79.4 Å². The highest BCUT2D eigenvalue weighted by Gasteiger charge is 2.20. The van der Waals surface area contributed by atoms with Gasteiger partial charge < -0.3 is 29.7 Å². The van der Waals surface area contributed by atoms with Crippen molar-refractivity contribution in [3.63, 3.8) is 0 Å². The van der Waals surface area contributed by atoms with Crippen LogP contribution in [0.2, 0.25) is 0 Å². The number of benzene rings is 3. The highest BCUT2D eigenvalue weighted by molar-refractivity contribution is 6.06. The third-order valence-corrected chi connectivity index (χ3v) is 7.63. The van der Waals surface area contributed by atoms with Gasteiger partial charge in [-0.05, 0) is 80.8 Å². The Morgan fingerprint density at radius 2 is 1.61 bits per heavy atom. The predicted molar refractivity (Wildman–Crippen MR) is 178 cm³/mol. The quantitative estimate of drug-likeness (QED) is 0.252. The lowest BCUT2D eigenvalue weighted by Gasteiger charge is -2.28. The molecule has 0 saturated carbocycles. The normalized spacial score (nSPS) is 14.5. The summed E-state index contributed by atoms with van der Waals surface area (Å²) in [5.74, 6) is 0.540. The molecule has 3 aromatic rings. The minimum absolute atomic E-state index is 0.184. The van der Waals surface area contributed by atoms with Crippen molar-refractivity contribution in [2.24, 2.45) is 0 Å². The second kappa shape index (κ2) is 15.1. The number of anilines is 3. The van der Waals surface area contributed by atoms with Crippen LogP contribution < -0.4 is 20.7 Å². The third kappa shape index (κ3) is 9.45. The van der Waals surface area contributed by atoms with Gasteiger partial charge in [-0.2, -0.15) is 0 Å². The number of nitrogens with zero attached hydrogens (tertiary/aromatic N) is 2. The number of nitrogens with one attached hydrogen (secondary N) is 3. The molecule has 0 unspecified atom stereocenters. The van der Waals surface area contributed by atoms with Crippen molar-refractivity contribution in [2.75, 3.05) is 62.0 Å². The van der Waals surface area contributed by atoms with Crippen molar-refractivity contribution in [1.82, 2.24) is 9.80 Å². The molecule has 0 spiro atoms. The highest BCUT2D eigenvalue weighted by atomic mass is 16.6. The Bertz CT molecular complexity index is 1510. The van der Waals surface area contributed by atoms with Gasteiger partial charge in [0.25, 0.3) is 5.91 Å². The molecule has 2 aliphatic heterocycles. The zero-order valence-electron chi connectivity index (χ0n) is 26.8. The maximum Gasteiger partial charge on any atom is 0.412 e. The van der Waals surface area contributed by atoms with Crippen molar-refractivity contribution in [2.45, 2.75) is 45.8 Å². The second-order valence-electron chi connectivity index (χ2n) is 12.4. The van der Waals surface area contributed by atoms with E-state index >= 15 is 0 Å². The van der Waals surface area contributed by atoms with Crippen LogP contribution in [0.5, 0.6) is 5.75 Å². The maximum atomic E-state index is 13.5. The summed E-state index contributed by atoms with van der Waals surface area (Å²) in [6.45, 7) is 11.1. The van der Waals surface area contributed by atoms with Gasteiger partial charge in [-0.15, -0.1) is 0 Å². The number of fused-ring (bicyclic) bond motifs is 1. The number of para-hydroxylation sites is 2. The highest BCUT2D eigenvalue weighted by Crippen LogP contribution is 2.28. The number of ether oxygens (including phenoxy) is 3. The summed E-state index contributed by atoms with van der Waals surface area (Å²) in [6.07, 6.45) is 1.04. The number of carbonyl (C=O) groups excluding carboxylic acids is 3. The summed E-state index contributed by atoms with van der Waals surface area (Å²) in [5, 5.41) is 8.63. The fourth-order valence-electron chi connectivity index (χ4n) is 5.32. The molecule has 3 N–H and O–H groups in total. The lowest BCUT2D eigenvalue weighted by Crippen LogP contribution is -2.40. The van der Waals surface area contributed by atoms with Crippen molar-refractivity contribution >= 4 is 35.1 Å². The molecule has 244 valence electrons. The molecule has 2 heterocycles. The maximum absolute atomic E-state index is 13.5. The minimum Gasteiger partial charge on any atom is -0.493 e. The molecule has 0 bridgehead atoms. The van der Waals surface area contributed by atoms with Crippen LogP contribution in [0.4, 0.5) is 26.7 Å². The number of rotatable bonds is 10. The zero-order chi connectivity index (χ0) is 32.5. The number of morpholine rings is 1. The smallest absolute Gasteiger partial charge is 0.412 e. The van der Waals surface area contributed by atoms with Crippen LogP contribution in [0.25, 0.3) is 0 Å². The fourth-order valence-corrected chi connectivity index (χ4v) is 5.32. The lowest BCUT2D eigenvalue weighted by molar-refractivity contribution is 0.0365. The van der Waals surface area contributed by atoms with Gasteiger partial charge in [-0.3, -0.25) is 15.0 Å². The van der Waals surface area contributed by atoms with E-state index in [4.69, 9.17) is 14.2 Å². The van der Waals surface area contributed by atoms with E-state index in [1.807, 2.05) is 30.3 Å². The van der Waals surface area contributed by atoms with Gasteiger partial charge in [0, 0.05) is 50.4 Å². The first-order chi connectivity index (χ1) is 22.1. The summed E-state index contributed by atoms with van der Waals surface area (Å²) >= 11 is 0. The van der Waals surface area contributed by atoms with Gasteiger partial charge in [-0.25, -0.2) is 9.59 Å². The number of hydrogen-bond acceptors (Lipinski definition) is 7. The Kier molecular flexibility index (Phi) is 10.8. The van der Waals surface area contributed by atoms with Crippen LogP contribution >= 0.6 is 0 Å². The Morgan fingerprint density at radius 3 is 2.33 bits per heavy atom. The Morgan fingerprint density at radius 1 is 0.891 bits per heavy atom. The number of urea groups is 1. The molecule has 11 nitrogen and oxygen atoms in total. The van der Waals surface area contributed by atoms with E-state index < -0.39 is 11.7 Å². The molecular formula is C35H43N5O6. The van der Waals surface area contributed by atoms with Gasteiger partial charge in [0.15, 0.2) is 0 Å². The molecule has 0 aromatic heterocycles. The van der Waals surface area contributed by atoms with Gasteiger partial charge in [-0.1, -0.05) is 24.3 Å². The number of hydrogen-bond donors (Lipinski definition) is 3. The molecule has 1 saturated heterocycles. The SMILES string of the molecule is CC(C)(C)OC(=O)Nc1ccccc1NC(=O)c1ccc(CN(CCCN2CCOCC2)C(=O)Nc2ccc3c(c2)CCO3)cc1. The summed E-state index contributed by atoms with van der Waals surface area (Å²) in [6, 6.07) is 19.7. The van der Waals surface area contributed by atoms with Crippen molar-refractivity contribution < 1.29 is 28.6 Å². The largest absolute Gasteiger partial charge is 0.493 e. The van der Waals surface area contributed by atoms with Crippen LogP contribution in [-0.2, 0) is 22.4 Å². The van der Waals surface area contributed by atoms with Crippen molar-refractivity contribution in [3.8, 4) is 5.75 Å². The van der Waals surface area contributed by atoms with E-state index in [0.717, 1.165) is 68.3 Å². The summed E-state index contributed by atoms with van der Waals surface area (Å²) < 4.78 is 16.4. The zero-order valence-corrected chi connectivity index (χ0v) is 26.8. The first kappa shape index (κ1) is 32.8. The van der Waals surface area contributed by atoms with Crippen LogP contribution in [0.3, 0.4) is 0 Å². The molecule has 11 heteroatoms. The van der Waals surface area contributed by atoms with E-state index in [1.165, 1.54) is 0 Å². The first-order valence-corrected chi connectivity index (χ1v) is 15.7. The van der Waals surface area contributed by atoms with Crippen molar-refractivity contribution in [3.05, 3.63) is 83.4 Å². The van der Waals surface area contributed by atoms with Gasteiger partial charge in [0.2, 0.25) is 0 Å². The predicted octanol–water partition coefficient (Wildman–Crippen LogP) is 5.98. The molecule has 4 amide bonds. The van der Waals surface area contributed by atoms with Crippen LogP contribution in [0.15, 0.2) is 66.7 Å². The van der Waals surface area contributed by atoms with Crippen molar-refractivity contribution in [1.29, 1.82) is 0 Å². The Hall–Kier alpha value is -4.61. The lowest BCUT2D eigenvalue weighted by atomic mass is 10.1. The molecule has 2 aliphatic rings. The van der Waals surface area contributed by atoms with Gasteiger partial charge in [0.1, 0.15) is 11.4 Å². The second-order valence-corrected chi connectivity index (χ2v) is 12.4. The molecule has 0 radical (unpaired) electrons. The van der Waals surface area contributed by atoms with E-state index in [0.29, 0.717) is 36.6 Å². The minimum atomic E-state index is -0.653. The Labute approximate surface area is 270 Å². The average molecular weight is 630 g/mol. The average Bonchev–Trinajstić information content (AvgIpc) is 3.49. The summed E-state index contributed by atoms with van der Waals surface area (Å²) in [4.78, 5) is 43.1. The number of carbonyl (C=O) groups is 3. The molecule has 46 heavy (non-hydrogen) atoms. The van der Waals surface area contributed by atoms with Gasteiger partial charge in [0.05, 0.1) is 31.2 Å². The van der Waals surface area contributed by atoms with Gasteiger partial charge >= 0.3 is 12.1 Å². The molecule has 0 aliphatic carbocycles. The molecule has 3 aromatic carbocycles. The summed E-state index contributed by atoms with van der Waals surface area (Å²) in [7, 11) is 0. The Balaban J connectivity index is 1.22. The van der Waals surface area contributed by atoms with E-state index in [2.05, 4.69) is 20.9 Å². The standard InChI is InChI=1S/C35H43N5O6/c1-35(2,3)46-34(43)38-30-8-5-4-7-29(30)37-32(41)26-11-9-25(10-12-26)24-40(17-6-16-39-18-21-44-22-19-39)33(42)36-28-13-14-31-27(23-28)15-20-45-31/h4-5,7-14,23H,6,15-22,24H2,1-3H3,(H,36,42)(H,37,41)(H,38,43). The van der Waals surface area contributed by atoms with Crippen LogP contribution in [0, 0.1) is 0 Å². The third-order valence-electron chi connectivity index (χ3n) is 7.63. The molecular weight excluding hydrogens is 586 g/mol. The van der Waals surface area contributed by atoms with E-state index in [-0.39, 0.29) is 11.9 Å². The van der Waals surface area contributed by atoms with E-state index in [9.17, 15) is 14.4 Å². The van der Waals surface area contributed by atoms with Crippen LogP contribution in [0.1, 0.15) is 48.7 Å². The molecule has 1 fully saturated rings. The fraction of sp³-hybridized carbons (Fsp3) is 0.400. The summed E-state index contributed by atoms with van der Waals surface area (Å²) in [5.41, 5.74) is 3.39. The number of amides is 4. The van der Waals surface area contributed by atoms with E-state index in [1.54, 1.807) is 62.1 Å². The molecule has 0 atom stereocenters.